The summed E-state index contributed by atoms with van der Waals surface area (Å²) in [5.74, 6) is 0. The van der Waals surface area contributed by atoms with Crippen molar-refractivity contribution in [3.8, 4) is 0 Å². The second kappa shape index (κ2) is 6.33. The number of hydrogen-bond acceptors (Lipinski definition) is 4. The van der Waals surface area contributed by atoms with Crippen molar-refractivity contribution >= 4 is 5.69 Å². The molecule has 20 heavy (non-hydrogen) atoms. The summed E-state index contributed by atoms with van der Waals surface area (Å²) in [6, 6.07) is 6.19. The van der Waals surface area contributed by atoms with Gasteiger partial charge in [-0.1, -0.05) is 18.6 Å². The van der Waals surface area contributed by atoms with Gasteiger partial charge in [0.25, 0.3) is 5.69 Å². The zero-order valence-corrected chi connectivity index (χ0v) is 12.2. The zero-order chi connectivity index (χ0) is 14.7. The van der Waals surface area contributed by atoms with Crippen LogP contribution in [0.25, 0.3) is 0 Å². The number of nitrogens with two attached hydrogens (primary N) is 1. The fraction of sp³-hybridized carbons (Fsp3) is 0.600. The van der Waals surface area contributed by atoms with Crippen molar-refractivity contribution in [2.75, 3.05) is 6.54 Å². The lowest BCUT2D eigenvalue weighted by atomic mass is 9.95. The molecule has 5 heteroatoms. The maximum Gasteiger partial charge on any atom is 0.272 e. The molecule has 0 saturated carbocycles. The van der Waals surface area contributed by atoms with E-state index in [9.17, 15) is 10.1 Å². The van der Waals surface area contributed by atoms with Gasteiger partial charge in [0.05, 0.1) is 4.92 Å². The van der Waals surface area contributed by atoms with Gasteiger partial charge in [0.15, 0.2) is 0 Å². The number of hydrogen-bond donors (Lipinski definition) is 1. The molecule has 110 valence electrons. The molecule has 1 heterocycles. The molecule has 1 fully saturated rings. The fourth-order valence-electron chi connectivity index (χ4n) is 3.11. The maximum atomic E-state index is 11.0. The second-order valence-electron chi connectivity index (χ2n) is 5.66. The number of benzene rings is 1. The van der Waals surface area contributed by atoms with Crippen LogP contribution in [0.4, 0.5) is 5.69 Å². The predicted octanol–water partition coefficient (Wildman–Crippen LogP) is 2.60. The standard InChI is InChI=1S/C15H23N3O2/c1-11-5-3-7-14(9-16)17(11)10-13-6-4-8-15(12(13)2)18(19)20/h4,6,8,11,14H,3,5,7,9-10,16H2,1-2H3. The normalized spacial score (nSPS) is 23.8. The average Bonchev–Trinajstić information content (AvgIpc) is 2.42. The van der Waals surface area contributed by atoms with Crippen LogP contribution in [0.15, 0.2) is 18.2 Å². The summed E-state index contributed by atoms with van der Waals surface area (Å²) in [7, 11) is 0. The molecular formula is C15H23N3O2. The van der Waals surface area contributed by atoms with Crippen molar-refractivity contribution in [2.24, 2.45) is 5.73 Å². The van der Waals surface area contributed by atoms with E-state index in [4.69, 9.17) is 5.73 Å². The fourth-order valence-corrected chi connectivity index (χ4v) is 3.11. The monoisotopic (exact) mass is 277 g/mol. The number of piperidine rings is 1. The first kappa shape index (κ1) is 14.9. The Morgan fingerprint density at radius 3 is 2.85 bits per heavy atom. The van der Waals surface area contributed by atoms with Gasteiger partial charge in [0.1, 0.15) is 0 Å². The van der Waals surface area contributed by atoms with E-state index in [-0.39, 0.29) is 10.6 Å². The molecule has 2 rings (SSSR count). The Morgan fingerprint density at radius 2 is 2.20 bits per heavy atom. The minimum Gasteiger partial charge on any atom is -0.329 e. The van der Waals surface area contributed by atoms with Crippen molar-refractivity contribution < 1.29 is 4.92 Å². The third-order valence-electron chi connectivity index (χ3n) is 4.43. The highest BCUT2D eigenvalue weighted by Gasteiger charge is 2.27. The quantitative estimate of drug-likeness (QED) is 0.678. The van der Waals surface area contributed by atoms with Crippen LogP contribution in [0.2, 0.25) is 0 Å². The lowest BCUT2D eigenvalue weighted by molar-refractivity contribution is -0.385. The molecular weight excluding hydrogens is 254 g/mol. The van der Waals surface area contributed by atoms with Crippen LogP contribution < -0.4 is 5.73 Å². The number of likely N-dealkylation sites (tertiary alicyclic amines) is 1. The van der Waals surface area contributed by atoms with E-state index in [2.05, 4.69) is 11.8 Å². The van der Waals surface area contributed by atoms with Crippen LogP contribution in [0.1, 0.15) is 37.3 Å². The minimum atomic E-state index is -0.307. The topological polar surface area (TPSA) is 72.4 Å². The summed E-state index contributed by atoms with van der Waals surface area (Å²) in [6.07, 6.45) is 3.51. The van der Waals surface area contributed by atoms with E-state index < -0.39 is 0 Å². The first-order chi connectivity index (χ1) is 9.54. The first-order valence-corrected chi connectivity index (χ1v) is 7.23. The van der Waals surface area contributed by atoms with E-state index in [1.54, 1.807) is 12.1 Å². The highest BCUT2D eigenvalue weighted by molar-refractivity contribution is 5.44. The predicted molar refractivity (Wildman–Crippen MR) is 79.5 cm³/mol. The van der Waals surface area contributed by atoms with Gasteiger partial charge in [0, 0.05) is 36.8 Å². The van der Waals surface area contributed by atoms with Crippen LogP contribution in [0, 0.1) is 17.0 Å². The van der Waals surface area contributed by atoms with Crippen LogP contribution in [-0.2, 0) is 6.54 Å². The molecule has 5 nitrogen and oxygen atoms in total. The summed E-state index contributed by atoms with van der Waals surface area (Å²) >= 11 is 0. The summed E-state index contributed by atoms with van der Waals surface area (Å²) < 4.78 is 0. The lowest BCUT2D eigenvalue weighted by Crippen LogP contribution is -2.48. The van der Waals surface area contributed by atoms with E-state index >= 15 is 0 Å². The number of nitro groups is 1. The Balaban J connectivity index is 2.24. The van der Waals surface area contributed by atoms with E-state index in [0.717, 1.165) is 24.1 Å². The van der Waals surface area contributed by atoms with Crippen LogP contribution in [0.5, 0.6) is 0 Å². The highest BCUT2D eigenvalue weighted by atomic mass is 16.6. The van der Waals surface area contributed by atoms with Crippen LogP contribution in [0.3, 0.4) is 0 Å². The molecule has 1 aromatic carbocycles. The Kier molecular flexibility index (Phi) is 4.73. The Morgan fingerprint density at radius 1 is 1.45 bits per heavy atom. The van der Waals surface area contributed by atoms with Gasteiger partial charge in [-0.15, -0.1) is 0 Å². The molecule has 1 aromatic rings. The third-order valence-corrected chi connectivity index (χ3v) is 4.43. The van der Waals surface area contributed by atoms with Crippen molar-refractivity contribution in [3.63, 3.8) is 0 Å². The third kappa shape index (κ3) is 2.99. The van der Waals surface area contributed by atoms with Gasteiger partial charge < -0.3 is 5.73 Å². The Hall–Kier alpha value is -1.46. The Labute approximate surface area is 119 Å². The molecule has 1 aliphatic rings. The molecule has 1 saturated heterocycles. The molecule has 0 amide bonds. The van der Waals surface area contributed by atoms with Gasteiger partial charge in [0.2, 0.25) is 0 Å². The van der Waals surface area contributed by atoms with Gasteiger partial charge >= 0.3 is 0 Å². The molecule has 0 radical (unpaired) electrons. The highest BCUT2D eigenvalue weighted by Crippen LogP contribution is 2.27. The lowest BCUT2D eigenvalue weighted by Gasteiger charge is -2.40. The van der Waals surface area contributed by atoms with Gasteiger partial charge in [-0.05, 0) is 32.3 Å². The van der Waals surface area contributed by atoms with Gasteiger partial charge in [-0.3, -0.25) is 15.0 Å². The molecule has 0 aliphatic carbocycles. The summed E-state index contributed by atoms with van der Waals surface area (Å²) in [6.45, 7) is 5.45. The first-order valence-electron chi connectivity index (χ1n) is 7.23. The maximum absolute atomic E-state index is 11.0. The van der Waals surface area contributed by atoms with E-state index in [1.165, 1.54) is 12.8 Å². The molecule has 0 spiro atoms. The largest absolute Gasteiger partial charge is 0.329 e. The van der Waals surface area contributed by atoms with Gasteiger partial charge in [-0.2, -0.15) is 0 Å². The second-order valence-corrected chi connectivity index (χ2v) is 5.66. The van der Waals surface area contributed by atoms with Crippen LogP contribution in [-0.4, -0.2) is 28.5 Å². The summed E-state index contributed by atoms with van der Waals surface area (Å²) in [5, 5.41) is 11.0. The Bertz CT molecular complexity index is 490. The zero-order valence-electron chi connectivity index (χ0n) is 12.2. The van der Waals surface area contributed by atoms with E-state index in [0.29, 0.717) is 18.6 Å². The van der Waals surface area contributed by atoms with Crippen molar-refractivity contribution in [2.45, 2.75) is 51.7 Å². The molecule has 2 atom stereocenters. The van der Waals surface area contributed by atoms with Crippen molar-refractivity contribution in [3.05, 3.63) is 39.4 Å². The molecule has 0 bridgehead atoms. The number of rotatable bonds is 4. The smallest absolute Gasteiger partial charge is 0.272 e. The number of nitrogens with zero attached hydrogens (tertiary/aromatic N) is 2. The van der Waals surface area contributed by atoms with Crippen LogP contribution >= 0.6 is 0 Å². The molecule has 1 aliphatic heterocycles. The average molecular weight is 277 g/mol. The minimum absolute atomic E-state index is 0.205. The number of nitro benzene ring substituents is 1. The molecule has 2 N–H and O–H groups in total. The summed E-state index contributed by atoms with van der Waals surface area (Å²) in [5.41, 5.74) is 7.88. The molecule has 2 unspecified atom stereocenters. The van der Waals surface area contributed by atoms with E-state index in [1.807, 2.05) is 13.0 Å². The van der Waals surface area contributed by atoms with Gasteiger partial charge in [-0.25, -0.2) is 0 Å². The van der Waals surface area contributed by atoms with Crippen molar-refractivity contribution in [1.82, 2.24) is 4.90 Å². The summed E-state index contributed by atoms with van der Waals surface area (Å²) in [4.78, 5) is 13.1. The van der Waals surface area contributed by atoms with Crippen molar-refractivity contribution in [1.29, 1.82) is 0 Å². The molecule has 0 aromatic heterocycles. The SMILES string of the molecule is Cc1c(CN2C(C)CCCC2CN)cccc1[N+](=O)[O-].